The van der Waals surface area contributed by atoms with Crippen LogP contribution in [0.25, 0.3) is 21.5 Å². The Kier molecular flexibility index (Phi) is 6.25. The molecule has 3 aliphatic rings. The molecule has 2 bridgehead atoms. The van der Waals surface area contributed by atoms with Gasteiger partial charge in [-0.05, 0) is 55.9 Å². The van der Waals surface area contributed by atoms with Crippen molar-refractivity contribution < 1.29 is 28.0 Å². The predicted molar refractivity (Wildman–Crippen MR) is 148 cm³/mol. The maximum Gasteiger partial charge on any atom is 0.344 e. The molecule has 12 heteroatoms. The lowest BCUT2D eigenvalue weighted by atomic mass is 10.0. The monoisotopic (exact) mass is 601 g/mol. The second-order valence-corrected chi connectivity index (χ2v) is 12.3. The van der Waals surface area contributed by atoms with Gasteiger partial charge in [0.15, 0.2) is 16.7 Å². The highest BCUT2D eigenvalue weighted by Gasteiger charge is 2.49. The molecule has 206 valence electrons. The SMILES string of the molecule is COC(=O)c1cc(F)c2nc(N3C[C@H]4C[C@@H]3[C@H](OC(=O)c3c(-c5c(Cl)cccc5Cl)noc3C3CC3)C4)sc2c1. The fourth-order valence-electron chi connectivity index (χ4n) is 5.86. The Morgan fingerprint density at radius 2 is 1.93 bits per heavy atom. The third-order valence-corrected chi connectivity index (χ3v) is 9.53. The average Bonchev–Trinajstić information content (AvgIpc) is 3.26. The molecule has 2 aromatic heterocycles. The molecular weight excluding hydrogens is 580 g/mol. The van der Waals surface area contributed by atoms with E-state index in [2.05, 4.69) is 15.0 Å². The minimum absolute atomic E-state index is 0.106. The van der Waals surface area contributed by atoms with Crippen LogP contribution >= 0.6 is 34.5 Å². The molecule has 3 heterocycles. The summed E-state index contributed by atoms with van der Waals surface area (Å²) in [6.45, 7) is 0.727. The molecule has 7 rings (SSSR count). The molecule has 1 saturated heterocycles. The van der Waals surface area contributed by atoms with Crippen LogP contribution in [0.4, 0.5) is 9.52 Å². The van der Waals surface area contributed by atoms with Gasteiger partial charge in [0.1, 0.15) is 22.9 Å². The molecule has 2 aromatic carbocycles. The number of thiazole rings is 1. The molecule has 4 aromatic rings. The van der Waals surface area contributed by atoms with Crippen LogP contribution in [0, 0.1) is 11.7 Å². The highest BCUT2D eigenvalue weighted by atomic mass is 35.5. The molecule has 40 heavy (non-hydrogen) atoms. The maximum atomic E-state index is 14.8. The number of piperidine rings is 1. The van der Waals surface area contributed by atoms with Crippen molar-refractivity contribution >= 4 is 61.8 Å². The maximum absolute atomic E-state index is 14.8. The second kappa shape index (κ2) is 9.71. The van der Waals surface area contributed by atoms with Crippen LogP contribution in [0.5, 0.6) is 0 Å². The summed E-state index contributed by atoms with van der Waals surface area (Å²) in [6.07, 6.45) is 2.94. The Morgan fingerprint density at radius 1 is 1.15 bits per heavy atom. The van der Waals surface area contributed by atoms with E-state index in [0.29, 0.717) is 43.5 Å². The van der Waals surface area contributed by atoms with Crippen molar-refractivity contribution in [2.75, 3.05) is 18.6 Å². The van der Waals surface area contributed by atoms with Gasteiger partial charge in [0.2, 0.25) is 0 Å². The Hall–Kier alpha value is -3.21. The predicted octanol–water partition coefficient (Wildman–Crippen LogP) is 6.89. The van der Waals surface area contributed by atoms with Crippen molar-refractivity contribution in [2.45, 2.75) is 43.7 Å². The number of hydrogen-bond acceptors (Lipinski definition) is 9. The number of carbonyl (C=O) groups excluding carboxylic acids is 2. The summed E-state index contributed by atoms with van der Waals surface area (Å²) >= 11 is 14.2. The highest BCUT2D eigenvalue weighted by Crippen LogP contribution is 2.48. The lowest BCUT2D eigenvalue weighted by Gasteiger charge is -2.32. The van der Waals surface area contributed by atoms with Gasteiger partial charge in [0, 0.05) is 18.0 Å². The van der Waals surface area contributed by atoms with E-state index in [1.54, 1.807) is 24.3 Å². The second-order valence-electron chi connectivity index (χ2n) is 10.4. The van der Waals surface area contributed by atoms with Gasteiger partial charge in [0.25, 0.3) is 0 Å². The van der Waals surface area contributed by atoms with E-state index in [1.165, 1.54) is 18.4 Å². The van der Waals surface area contributed by atoms with Crippen LogP contribution < -0.4 is 4.90 Å². The van der Waals surface area contributed by atoms with E-state index in [0.717, 1.165) is 31.9 Å². The number of halogens is 3. The smallest absolute Gasteiger partial charge is 0.344 e. The summed E-state index contributed by atoms with van der Waals surface area (Å²) in [5, 5.41) is 5.55. The fraction of sp³-hybridized carbons (Fsp3) is 0.357. The number of fused-ring (bicyclic) bond motifs is 3. The zero-order chi connectivity index (χ0) is 27.7. The van der Waals surface area contributed by atoms with Crippen molar-refractivity contribution in [1.82, 2.24) is 10.1 Å². The number of carbonyl (C=O) groups is 2. The van der Waals surface area contributed by atoms with Crippen LogP contribution in [-0.2, 0) is 9.47 Å². The van der Waals surface area contributed by atoms with Crippen molar-refractivity contribution in [3.05, 3.63) is 63.1 Å². The van der Waals surface area contributed by atoms with Gasteiger partial charge in [-0.1, -0.05) is 45.8 Å². The Balaban J connectivity index is 1.18. The molecule has 3 fully saturated rings. The third-order valence-electron chi connectivity index (χ3n) is 7.86. The van der Waals surface area contributed by atoms with Crippen LogP contribution in [0.3, 0.4) is 0 Å². The summed E-state index contributed by atoms with van der Waals surface area (Å²) in [4.78, 5) is 32.3. The van der Waals surface area contributed by atoms with Gasteiger partial charge in [-0.3, -0.25) is 0 Å². The molecule has 0 spiro atoms. The van der Waals surface area contributed by atoms with E-state index >= 15 is 0 Å². The number of ether oxygens (including phenoxy) is 2. The van der Waals surface area contributed by atoms with E-state index < -0.39 is 23.9 Å². The summed E-state index contributed by atoms with van der Waals surface area (Å²) in [5.74, 6) is -0.815. The van der Waals surface area contributed by atoms with Gasteiger partial charge in [-0.25, -0.2) is 19.0 Å². The van der Waals surface area contributed by atoms with Gasteiger partial charge < -0.3 is 18.9 Å². The van der Waals surface area contributed by atoms with E-state index in [9.17, 15) is 14.0 Å². The molecule has 2 aliphatic carbocycles. The first-order chi connectivity index (χ1) is 19.3. The lowest BCUT2D eigenvalue weighted by Crippen LogP contribution is -2.43. The van der Waals surface area contributed by atoms with Gasteiger partial charge in [-0.15, -0.1) is 0 Å². The fourth-order valence-corrected chi connectivity index (χ4v) is 7.53. The molecule has 2 saturated carbocycles. The summed E-state index contributed by atoms with van der Waals surface area (Å²) in [5.41, 5.74) is 1.32. The molecule has 0 N–H and O–H groups in total. The van der Waals surface area contributed by atoms with Crippen LogP contribution in [0.2, 0.25) is 10.0 Å². The van der Waals surface area contributed by atoms with Crippen molar-refractivity contribution in [2.24, 2.45) is 5.92 Å². The van der Waals surface area contributed by atoms with Crippen molar-refractivity contribution in [3.8, 4) is 11.3 Å². The summed E-state index contributed by atoms with van der Waals surface area (Å²) in [6, 6.07) is 7.70. The highest BCUT2D eigenvalue weighted by molar-refractivity contribution is 7.22. The minimum atomic E-state index is -0.611. The summed E-state index contributed by atoms with van der Waals surface area (Å²) in [7, 11) is 1.25. The van der Waals surface area contributed by atoms with E-state index in [-0.39, 0.29) is 34.3 Å². The minimum Gasteiger partial charge on any atom is -0.465 e. The molecular formula is C28H22Cl2FN3O5S. The first-order valence-corrected chi connectivity index (χ1v) is 14.5. The quantitative estimate of drug-likeness (QED) is 0.221. The molecule has 8 nitrogen and oxygen atoms in total. The van der Waals surface area contributed by atoms with Crippen LogP contribution in [-0.4, -0.2) is 47.9 Å². The number of nitrogens with zero attached hydrogens (tertiary/aromatic N) is 3. The molecule has 0 amide bonds. The number of methoxy groups -OCH3 is 1. The number of benzene rings is 2. The largest absolute Gasteiger partial charge is 0.465 e. The molecule has 0 unspecified atom stereocenters. The Bertz CT molecular complexity index is 1670. The first-order valence-electron chi connectivity index (χ1n) is 12.9. The number of aromatic nitrogens is 2. The number of anilines is 1. The standard InChI is InChI=1S/C28H22Cl2FN3O5S/c1-37-26(35)14-9-17(31)23-20(10-14)40-28(32-23)34-11-12-7-18(34)19(8-12)38-27(36)22-24(33-39-25(22)13-5-6-13)21-15(29)3-2-4-16(21)30/h2-4,9-10,12-13,18-19H,5-8,11H2,1H3/t12-,18+,19+/m0/s1. The number of esters is 2. The Morgan fingerprint density at radius 3 is 2.62 bits per heavy atom. The zero-order valence-corrected chi connectivity index (χ0v) is 23.5. The first kappa shape index (κ1) is 25.7. The number of rotatable bonds is 6. The average molecular weight is 602 g/mol. The van der Waals surface area contributed by atoms with E-state index in [1.807, 2.05) is 0 Å². The van der Waals surface area contributed by atoms with Crippen molar-refractivity contribution in [1.29, 1.82) is 0 Å². The molecule has 1 aliphatic heterocycles. The topological polar surface area (TPSA) is 94.8 Å². The van der Waals surface area contributed by atoms with Crippen LogP contribution in [0.1, 0.15) is 58.1 Å². The molecule has 3 atom stereocenters. The summed E-state index contributed by atoms with van der Waals surface area (Å²) < 4.78 is 31.9. The van der Waals surface area contributed by atoms with Gasteiger partial charge in [0.05, 0.1) is 33.5 Å². The third kappa shape index (κ3) is 4.24. The zero-order valence-electron chi connectivity index (χ0n) is 21.2. The Labute approximate surface area is 241 Å². The molecule has 0 radical (unpaired) electrons. The van der Waals surface area contributed by atoms with Gasteiger partial charge in [-0.2, -0.15) is 0 Å². The van der Waals surface area contributed by atoms with Gasteiger partial charge >= 0.3 is 11.9 Å². The van der Waals surface area contributed by atoms with Crippen molar-refractivity contribution in [3.63, 3.8) is 0 Å². The van der Waals surface area contributed by atoms with E-state index in [4.69, 9.17) is 37.2 Å². The lowest BCUT2D eigenvalue weighted by molar-refractivity contribution is 0.0246. The normalized spacial score (nSPS) is 21.8. The number of hydrogen-bond donors (Lipinski definition) is 0. The van der Waals surface area contributed by atoms with Crippen LogP contribution in [0.15, 0.2) is 34.9 Å².